The van der Waals surface area contributed by atoms with Gasteiger partial charge in [0.05, 0.1) is 38.9 Å². The molecule has 0 saturated heterocycles. The molecule has 1 aromatic carbocycles. The highest BCUT2D eigenvalue weighted by molar-refractivity contribution is 6.21. The molecule has 1 amide bonds. The molecule has 0 fully saturated rings. The van der Waals surface area contributed by atoms with E-state index in [0.29, 0.717) is 29.4 Å². The third kappa shape index (κ3) is 4.41. The van der Waals surface area contributed by atoms with Crippen molar-refractivity contribution < 1.29 is 23.7 Å². The molecule has 0 heterocycles. The van der Waals surface area contributed by atoms with E-state index in [9.17, 15) is 4.79 Å². The van der Waals surface area contributed by atoms with Crippen LogP contribution in [0.4, 0.5) is 0 Å². The Bertz CT molecular complexity index is 481. The van der Waals surface area contributed by atoms with Crippen LogP contribution in [0, 0.1) is 0 Å². The number of methoxy groups -OCH3 is 4. The highest BCUT2D eigenvalue weighted by Crippen LogP contribution is 2.39. The van der Waals surface area contributed by atoms with Crippen LogP contribution in [0.1, 0.15) is 10.4 Å². The Morgan fingerprint density at radius 3 is 2.33 bits per heavy atom. The summed E-state index contributed by atoms with van der Waals surface area (Å²) in [5.41, 5.74) is 0.344. The van der Waals surface area contributed by atoms with E-state index in [-0.39, 0.29) is 17.8 Å². The lowest BCUT2D eigenvalue weighted by atomic mass is 10.1. The van der Waals surface area contributed by atoms with E-state index in [4.69, 9.17) is 30.5 Å². The van der Waals surface area contributed by atoms with Crippen molar-refractivity contribution >= 4 is 17.5 Å². The first-order chi connectivity index (χ1) is 10.1. The number of benzene rings is 1. The minimum atomic E-state index is -0.311. The molecule has 6 nitrogen and oxygen atoms in total. The Balaban J connectivity index is 2.94. The standard InChI is InChI=1S/C14H20ClNO5/c1-18-8-9(15)7-16-14(17)10-5-6-11(19-2)13(21-4)12(10)20-3/h5-6,9H,7-8H2,1-4H3,(H,16,17). The van der Waals surface area contributed by atoms with Crippen molar-refractivity contribution in [2.75, 3.05) is 41.6 Å². The second kappa shape index (κ2) is 8.59. The molecule has 0 aliphatic rings. The van der Waals surface area contributed by atoms with Gasteiger partial charge in [0, 0.05) is 13.7 Å². The number of carbonyl (C=O) groups excluding carboxylic acids is 1. The minimum Gasteiger partial charge on any atom is -0.493 e. The Morgan fingerprint density at radius 2 is 1.81 bits per heavy atom. The molecule has 0 spiro atoms. The zero-order valence-electron chi connectivity index (χ0n) is 12.6. The average molecular weight is 318 g/mol. The zero-order chi connectivity index (χ0) is 15.8. The fourth-order valence-corrected chi connectivity index (χ4v) is 2.02. The van der Waals surface area contributed by atoms with Gasteiger partial charge in [-0.25, -0.2) is 0 Å². The van der Waals surface area contributed by atoms with Crippen molar-refractivity contribution in [2.24, 2.45) is 0 Å². The molecule has 118 valence electrons. The molecule has 1 unspecified atom stereocenters. The molecular formula is C14H20ClNO5. The van der Waals surface area contributed by atoms with E-state index in [0.717, 1.165) is 0 Å². The second-order valence-electron chi connectivity index (χ2n) is 4.14. The number of ether oxygens (including phenoxy) is 4. The van der Waals surface area contributed by atoms with Crippen molar-refractivity contribution in [2.45, 2.75) is 5.38 Å². The monoisotopic (exact) mass is 317 g/mol. The van der Waals surface area contributed by atoms with Crippen LogP contribution in [0.5, 0.6) is 17.2 Å². The van der Waals surface area contributed by atoms with Gasteiger partial charge in [-0.05, 0) is 12.1 Å². The Hall–Kier alpha value is -1.66. The number of alkyl halides is 1. The average Bonchev–Trinajstić information content (AvgIpc) is 2.51. The van der Waals surface area contributed by atoms with Gasteiger partial charge in [-0.15, -0.1) is 11.6 Å². The van der Waals surface area contributed by atoms with Crippen LogP contribution < -0.4 is 19.5 Å². The predicted octanol–water partition coefficient (Wildman–Crippen LogP) is 1.70. The van der Waals surface area contributed by atoms with Crippen molar-refractivity contribution in [3.8, 4) is 17.2 Å². The predicted molar refractivity (Wildman–Crippen MR) is 79.9 cm³/mol. The van der Waals surface area contributed by atoms with E-state index in [1.807, 2.05) is 0 Å². The van der Waals surface area contributed by atoms with E-state index >= 15 is 0 Å². The molecule has 1 rings (SSSR count). The molecule has 1 N–H and O–H groups in total. The minimum absolute atomic E-state index is 0.283. The highest BCUT2D eigenvalue weighted by Gasteiger charge is 2.20. The van der Waals surface area contributed by atoms with Crippen LogP contribution >= 0.6 is 11.6 Å². The van der Waals surface area contributed by atoms with Gasteiger partial charge in [0.15, 0.2) is 11.5 Å². The summed E-state index contributed by atoms with van der Waals surface area (Å²) in [5, 5.41) is 2.42. The van der Waals surface area contributed by atoms with Gasteiger partial charge in [0.25, 0.3) is 5.91 Å². The molecule has 21 heavy (non-hydrogen) atoms. The maximum atomic E-state index is 12.2. The summed E-state index contributed by atoms with van der Waals surface area (Å²) in [4.78, 5) is 12.2. The summed E-state index contributed by atoms with van der Waals surface area (Å²) >= 11 is 5.98. The van der Waals surface area contributed by atoms with Crippen molar-refractivity contribution in [1.29, 1.82) is 0 Å². The molecule has 7 heteroatoms. The first-order valence-electron chi connectivity index (χ1n) is 6.29. The number of hydrogen-bond donors (Lipinski definition) is 1. The number of amides is 1. The topological polar surface area (TPSA) is 66.0 Å². The summed E-state index contributed by atoms with van der Waals surface area (Å²) in [6.45, 7) is 0.636. The Labute approximate surface area is 129 Å². The second-order valence-corrected chi connectivity index (χ2v) is 4.76. The molecule has 0 radical (unpaired) electrons. The molecule has 0 aliphatic carbocycles. The van der Waals surface area contributed by atoms with Crippen LogP contribution in [0.3, 0.4) is 0 Å². The molecule has 0 aromatic heterocycles. The SMILES string of the molecule is COCC(Cl)CNC(=O)c1ccc(OC)c(OC)c1OC. The molecule has 1 atom stereocenters. The molecule has 0 aliphatic heterocycles. The summed E-state index contributed by atoms with van der Waals surface area (Å²) in [6.07, 6.45) is 0. The van der Waals surface area contributed by atoms with Gasteiger partial charge in [-0.1, -0.05) is 0 Å². The smallest absolute Gasteiger partial charge is 0.255 e. The lowest BCUT2D eigenvalue weighted by molar-refractivity contribution is 0.0945. The maximum absolute atomic E-state index is 12.2. The first kappa shape index (κ1) is 17.4. The van der Waals surface area contributed by atoms with E-state index in [1.54, 1.807) is 19.2 Å². The van der Waals surface area contributed by atoms with Crippen molar-refractivity contribution in [3.63, 3.8) is 0 Å². The normalized spacial score (nSPS) is 11.7. The molecule has 0 saturated carbocycles. The lowest BCUT2D eigenvalue weighted by Crippen LogP contribution is -2.31. The highest BCUT2D eigenvalue weighted by atomic mass is 35.5. The maximum Gasteiger partial charge on any atom is 0.255 e. The van der Waals surface area contributed by atoms with Gasteiger partial charge in [-0.3, -0.25) is 4.79 Å². The fourth-order valence-electron chi connectivity index (χ4n) is 1.82. The Morgan fingerprint density at radius 1 is 1.14 bits per heavy atom. The zero-order valence-corrected chi connectivity index (χ0v) is 13.3. The third-order valence-corrected chi connectivity index (χ3v) is 3.06. The number of hydrogen-bond acceptors (Lipinski definition) is 5. The number of carbonyl (C=O) groups is 1. The largest absolute Gasteiger partial charge is 0.493 e. The van der Waals surface area contributed by atoms with Gasteiger partial charge >= 0.3 is 0 Å². The molecule has 1 aromatic rings. The van der Waals surface area contributed by atoms with Crippen LogP contribution in [0.25, 0.3) is 0 Å². The van der Waals surface area contributed by atoms with Crippen LogP contribution in [-0.4, -0.2) is 52.9 Å². The number of halogens is 1. The molecule has 0 bridgehead atoms. The summed E-state index contributed by atoms with van der Waals surface area (Å²) < 4.78 is 20.6. The summed E-state index contributed by atoms with van der Waals surface area (Å²) in [6, 6.07) is 3.25. The van der Waals surface area contributed by atoms with Crippen LogP contribution in [0.2, 0.25) is 0 Å². The van der Waals surface area contributed by atoms with Gasteiger partial charge in [0.2, 0.25) is 5.75 Å². The van der Waals surface area contributed by atoms with Crippen LogP contribution in [-0.2, 0) is 4.74 Å². The Kier molecular flexibility index (Phi) is 7.11. The van der Waals surface area contributed by atoms with Crippen molar-refractivity contribution in [1.82, 2.24) is 5.32 Å². The number of rotatable bonds is 8. The first-order valence-corrected chi connectivity index (χ1v) is 6.72. The van der Waals surface area contributed by atoms with E-state index < -0.39 is 0 Å². The summed E-state index contributed by atoms with van der Waals surface area (Å²) in [7, 11) is 6.01. The quantitative estimate of drug-likeness (QED) is 0.739. The third-order valence-electron chi connectivity index (χ3n) is 2.78. The van der Waals surface area contributed by atoms with E-state index in [2.05, 4.69) is 5.32 Å². The van der Waals surface area contributed by atoms with Crippen molar-refractivity contribution in [3.05, 3.63) is 17.7 Å². The van der Waals surface area contributed by atoms with E-state index in [1.165, 1.54) is 21.3 Å². The van der Waals surface area contributed by atoms with Crippen LogP contribution in [0.15, 0.2) is 12.1 Å². The lowest BCUT2D eigenvalue weighted by Gasteiger charge is -2.16. The fraction of sp³-hybridized carbons (Fsp3) is 0.500. The summed E-state index contributed by atoms with van der Waals surface area (Å²) in [5.74, 6) is 0.856. The number of nitrogens with one attached hydrogen (secondary N) is 1. The van der Waals surface area contributed by atoms with Gasteiger partial charge in [-0.2, -0.15) is 0 Å². The van der Waals surface area contributed by atoms with Gasteiger partial charge < -0.3 is 24.3 Å². The molecular weight excluding hydrogens is 298 g/mol. The van der Waals surface area contributed by atoms with Gasteiger partial charge in [0.1, 0.15) is 0 Å².